The summed E-state index contributed by atoms with van der Waals surface area (Å²) in [6, 6.07) is 7.43. The molecule has 0 aliphatic carbocycles. The zero-order valence-electron chi connectivity index (χ0n) is 12.6. The Hall–Kier alpha value is -1.90. The van der Waals surface area contributed by atoms with E-state index in [1.165, 1.54) is 0 Å². The summed E-state index contributed by atoms with van der Waals surface area (Å²) < 4.78 is 5.33. The van der Waals surface area contributed by atoms with Crippen LogP contribution in [0.15, 0.2) is 18.2 Å². The van der Waals surface area contributed by atoms with E-state index < -0.39 is 0 Å². The second-order valence-electron chi connectivity index (χ2n) is 5.28. The van der Waals surface area contributed by atoms with Crippen molar-refractivity contribution in [3.05, 3.63) is 29.3 Å². The van der Waals surface area contributed by atoms with Gasteiger partial charge in [-0.25, -0.2) is 0 Å². The summed E-state index contributed by atoms with van der Waals surface area (Å²) in [5, 5.41) is 9.23. The van der Waals surface area contributed by atoms with Crippen molar-refractivity contribution in [2.75, 3.05) is 51.3 Å². The van der Waals surface area contributed by atoms with Gasteiger partial charge in [-0.1, -0.05) is 0 Å². The van der Waals surface area contributed by atoms with Gasteiger partial charge in [-0.05, 0) is 25.1 Å². The molecule has 0 atom stereocenters. The van der Waals surface area contributed by atoms with Crippen LogP contribution in [-0.4, -0.2) is 57.1 Å². The van der Waals surface area contributed by atoms with E-state index in [1.54, 1.807) is 25.1 Å². The van der Waals surface area contributed by atoms with Crippen molar-refractivity contribution in [3.8, 4) is 6.07 Å². The van der Waals surface area contributed by atoms with E-state index in [4.69, 9.17) is 4.74 Å². The molecule has 0 unspecified atom stereocenters. The molecule has 0 amide bonds. The van der Waals surface area contributed by atoms with Gasteiger partial charge < -0.3 is 9.64 Å². The first-order chi connectivity index (χ1) is 10.1. The molecule has 0 N–H and O–H groups in total. The fraction of sp³-hybridized carbons (Fsp3) is 0.500. The van der Waals surface area contributed by atoms with E-state index in [2.05, 4.69) is 11.0 Å². The molecule has 0 spiro atoms. The summed E-state index contributed by atoms with van der Waals surface area (Å²) in [7, 11) is 1.96. The first-order valence-electron chi connectivity index (χ1n) is 7.18. The van der Waals surface area contributed by atoms with Gasteiger partial charge in [0.15, 0.2) is 5.78 Å². The molecule has 21 heavy (non-hydrogen) atoms. The number of Topliss-reactive ketones (excluding diaryl/α,β-unsaturated/α-hetero) is 1. The maximum Gasteiger partial charge on any atom is 0.159 e. The Morgan fingerprint density at radius 3 is 2.76 bits per heavy atom. The van der Waals surface area contributed by atoms with Gasteiger partial charge in [-0.15, -0.1) is 0 Å². The smallest absolute Gasteiger partial charge is 0.159 e. The number of nitriles is 1. The first kappa shape index (κ1) is 15.5. The lowest BCUT2D eigenvalue weighted by atomic mass is 10.1. The quantitative estimate of drug-likeness (QED) is 0.769. The van der Waals surface area contributed by atoms with Gasteiger partial charge in [0.05, 0.1) is 24.5 Å². The van der Waals surface area contributed by atoms with Crippen LogP contribution in [0.25, 0.3) is 0 Å². The van der Waals surface area contributed by atoms with Crippen molar-refractivity contribution < 1.29 is 9.53 Å². The lowest BCUT2D eigenvalue weighted by Crippen LogP contribution is -2.40. The van der Waals surface area contributed by atoms with E-state index in [-0.39, 0.29) is 5.78 Å². The lowest BCUT2D eigenvalue weighted by molar-refractivity contribution is 0.0393. The zero-order chi connectivity index (χ0) is 15.2. The number of carbonyl (C=O) groups is 1. The standard InChI is InChI=1S/C16H21N3O2/c1-13(20)14-3-4-15(12-17)16(11-14)18(2)5-6-19-7-9-21-10-8-19/h3-4,11H,5-10H2,1-2H3. The molecular formula is C16H21N3O2. The molecule has 0 bridgehead atoms. The number of hydrogen-bond acceptors (Lipinski definition) is 5. The highest BCUT2D eigenvalue weighted by molar-refractivity contribution is 5.95. The van der Waals surface area contributed by atoms with Crippen molar-refractivity contribution in [1.82, 2.24) is 4.90 Å². The van der Waals surface area contributed by atoms with Gasteiger partial charge in [0, 0.05) is 38.8 Å². The Kier molecular flexibility index (Phi) is 5.32. The number of anilines is 1. The molecule has 0 radical (unpaired) electrons. The topological polar surface area (TPSA) is 56.6 Å². The summed E-state index contributed by atoms with van der Waals surface area (Å²) in [5.41, 5.74) is 2.06. The van der Waals surface area contributed by atoms with Crippen molar-refractivity contribution >= 4 is 11.5 Å². The van der Waals surface area contributed by atoms with Crippen LogP contribution in [0.1, 0.15) is 22.8 Å². The lowest BCUT2D eigenvalue weighted by Gasteiger charge is -2.29. The van der Waals surface area contributed by atoms with E-state index in [1.807, 2.05) is 11.9 Å². The maximum absolute atomic E-state index is 11.5. The van der Waals surface area contributed by atoms with Crippen LogP contribution in [0.3, 0.4) is 0 Å². The molecule has 1 aromatic carbocycles. The highest BCUT2D eigenvalue weighted by Crippen LogP contribution is 2.21. The molecule has 5 heteroatoms. The van der Waals surface area contributed by atoms with Gasteiger partial charge >= 0.3 is 0 Å². The van der Waals surface area contributed by atoms with Crippen LogP contribution in [0, 0.1) is 11.3 Å². The number of ether oxygens (including phenoxy) is 1. The molecule has 1 aliphatic rings. The number of ketones is 1. The highest BCUT2D eigenvalue weighted by atomic mass is 16.5. The molecule has 0 saturated carbocycles. The molecule has 1 heterocycles. The van der Waals surface area contributed by atoms with Crippen LogP contribution in [0.2, 0.25) is 0 Å². The Morgan fingerprint density at radius 2 is 2.14 bits per heavy atom. The highest BCUT2D eigenvalue weighted by Gasteiger charge is 2.14. The molecule has 2 rings (SSSR count). The van der Waals surface area contributed by atoms with E-state index in [0.717, 1.165) is 45.1 Å². The molecule has 0 aromatic heterocycles. The monoisotopic (exact) mass is 287 g/mol. The van der Waals surface area contributed by atoms with E-state index in [0.29, 0.717) is 11.1 Å². The van der Waals surface area contributed by atoms with Gasteiger partial charge in [0.2, 0.25) is 0 Å². The molecule has 1 saturated heterocycles. The Morgan fingerprint density at radius 1 is 1.43 bits per heavy atom. The SMILES string of the molecule is CC(=O)c1ccc(C#N)c(N(C)CCN2CCOCC2)c1. The minimum Gasteiger partial charge on any atom is -0.379 e. The van der Waals surface area contributed by atoms with Crippen molar-refractivity contribution in [3.63, 3.8) is 0 Å². The Bertz CT molecular complexity index is 545. The van der Waals surface area contributed by atoms with Crippen LogP contribution in [0.5, 0.6) is 0 Å². The van der Waals surface area contributed by atoms with Crippen LogP contribution in [-0.2, 0) is 4.74 Å². The van der Waals surface area contributed by atoms with E-state index in [9.17, 15) is 10.1 Å². The van der Waals surface area contributed by atoms with Crippen LogP contribution < -0.4 is 4.90 Å². The summed E-state index contributed by atoms with van der Waals surface area (Å²) >= 11 is 0. The normalized spacial score (nSPS) is 15.5. The fourth-order valence-corrected chi connectivity index (χ4v) is 2.40. The molecule has 112 valence electrons. The summed E-state index contributed by atoms with van der Waals surface area (Å²) in [5.74, 6) is 0.0160. The van der Waals surface area contributed by atoms with Gasteiger partial charge in [-0.2, -0.15) is 5.26 Å². The second kappa shape index (κ2) is 7.21. The van der Waals surface area contributed by atoms with Crippen molar-refractivity contribution in [2.45, 2.75) is 6.92 Å². The average Bonchev–Trinajstić information content (AvgIpc) is 2.52. The van der Waals surface area contributed by atoms with Crippen LogP contribution >= 0.6 is 0 Å². The summed E-state index contributed by atoms with van der Waals surface area (Å²) in [4.78, 5) is 15.9. The fourth-order valence-electron chi connectivity index (χ4n) is 2.40. The summed E-state index contributed by atoms with van der Waals surface area (Å²) in [6.07, 6.45) is 0. The number of rotatable bonds is 5. The van der Waals surface area contributed by atoms with Crippen molar-refractivity contribution in [2.24, 2.45) is 0 Å². The maximum atomic E-state index is 11.5. The predicted octanol–water partition coefficient (Wildman–Crippen LogP) is 1.53. The third-order valence-corrected chi connectivity index (χ3v) is 3.79. The average molecular weight is 287 g/mol. The largest absolute Gasteiger partial charge is 0.379 e. The predicted molar refractivity (Wildman–Crippen MR) is 81.7 cm³/mol. The number of benzene rings is 1. The minimum absolute atomic E-state index is 0.0160. The first-order valence-corrected chi connectivity index (χ1v) is 7.18. The van der Waals surface area contributed by atoms with Gasteiger partial charge in [0.25, 0.3) is 0 Å². The van der Waals surface area contributed by atoms with Crippen molar-refractivity contribution in [1.29, 1.82) is 5.26 Å². The molecule has 1 fully saturated rings. The van der Waals surface area contributed by atoms with E-state index >= 15 is 0 Å². The number of hydrogen-bond donors (Lipinski definition) is 0. The van der Waals surface area contributed by atoms with Crippen LogP contribution in [0.4, 0.5) is 5.69 Å². The second-order valence-corrected chi connectivity index (χ2v) is 5.28. The number of nitrogens with zero attached hydrogens (tertiary/aromatic N) is 3. The molecule has 1 aromatic rings. The third-order valence-electron chi connectivity index (χ3n) is 3.79. The van der Waals surface area contributed by atoms with Gasteiger partial charge in [-0.3, -0.25) is 9.69 Å². The zero-order valence-corrected chi connectivity index (χ0v) is 12.6. The molecule has 5 nitrogen and oxygen atoms in total. The Balaban J connectivity index is 2.06. The molecular weight excluding hydrogens is 266 g/mol. The Labute approximate surface area is 125 Å². The number of morpholine rings is 1. The van der Waals surface area contributed by atoms with Gasteiger partial charge in [0.1, 0.15) is 6.07 Å². The summed E-state index contributed by atoms with van der Waals surface area (Å²) in [6.45, 7) is 6.75. The number of likely N-dealkylation sites (N-methyl/N-ethyl adjacent to an activating group) is 1. The number of carbonyl (C=O) groups excluding carboxylic acids is 1. The molecule has 1 aliphatic heterocycles. The minimum atomic E-state index is 0.0160. The third kappa shape index (κ3) is 4.03.